The average molecular weight is 475 g/mol. The van der Waals surface area contributed by atoms with Crippen molar-refractivity contribution < 1.29 is 22.8 Å². The Morgan fingerprint density at radius 2 is 1.77 bits per heavy atom. The van der Waals surface area contributed by atoms with Crippen LogP contribution in [0.1, 0.15) is 29.5 Å². The van der Waals surface area contributed by atoms with E-state index < -0.39 is 5.67 Å². The van der Waals surface area contributed by atoms with Crippen LogP contribution in [-0.4, -0.2) is 36.0 Å². The number of nitrogens with zero attached hydrogens (tertiary/aromatic N) is 1. The van der Waals surface area contributed by atoms with Gasteiger partial charge in [-0.25, -0.2) is 8.78 Å². The molecule has 35 heavy (non-hydrogen) atoms. The fourth-order valence-corrected chi connectivity index (χ4v) is 4.53. The molecule has 0 radical (unpaired) electrons. The van der Waals surface area contributed by atoms with Crippen LogP contribution in [0.2, 0.25) is 0 Å². The van der Waals surface area contributed by atoms with Gasteiger partial charge in [-0.1, -0.05) is 24.3 Å². The lowest BCUT2D eigenvalue weighted by atomic mass is 9.96. The zero-order valence-corrected chi connectivity index (χ0v) is 19.2. The number of likely N-dealkylation sites (tertiary alicyclic amines) is 1. The van der Waals surface area contributed by atoms with E-state index in [4.69, 9.17) is 4.42 Å². The molecule has 1 fully saturated rings. The molecule has 0 spiro atoms. The summed E-state index contributed by atoms with van der Waals surface area (Å²) < 4.78 is 33.7. The second kappa shape index (κ2) is 8.98. The molecule has 178 valence electrons. The molecule has 1 aromatic heterocycles. The first kappa shape index (κ1) is 22.8. The number of nitrogens with one attached hydrogen (secondary N) is 1. The van der Waals surface area contributed by atoms with Gasteiger partial charge in [0.1, 0.15) is 22.8 Å². The number of fused-ring (bicyclic) bond motifs is 1. The fraction of sp³-hybridized carbons (Fsp3) is 0.214. The summed E-state index contributed by atoms with van der Waals surface area (Å²) >= 11 is 0. The summed E-state index contributed by atoms with van der Waals surface area (Å²) in [6.07, 6.45) is 0.955. The number of carbonyl (C=O) groups excluding carboxylic acids is 2. The van der Waals surface area contributed by atoms with Crippen molar-refractivity contribution in [2.24, 2.45) is 0 Å². The highest BCUT2D eigenvalue weighted by Gasteiger charge is 2.36. The smallest absolute Gasteiger partial charge is 0.253 e. The lowest BCUT2D eigenvalue weighted by molar-refractivity contribution is -0.109. The summed E-state index contributed by atoms with van der Waals surface area (Å²) in [5, 5.41) is 3.44. The molecule has 0 aliphatic carbocycles. The molecule has 5 nitrogen and oxygen atoms in total. The number of carbonyl (C=O) groups is 2. The first-order valence-electron chi connectivity index (χ1n) is 11.4. The SMILES string of the molecule is CC1(F)CCN(C(=O)c2ccc(-c3cc(-c4ccc(F)cc4)c4oc(CNC=O)cc4c3)cc2)C1. The third kappa shape index (κ3) is 4.67. The van der Waals surface area contributed by atoms with Crippen LogP contribution in [0, 0.1) is 5.82 Å². The molecule has 2 heterocycles. The fourth-order valence-electron chi connectivity index (χ4n) is 4.53. The summed E-state index contributed by atoms with van der Waals surface area (Å²) in [6, 6.07) is 19.2. The lowest BCUT2D eigenvalue weighted by Crippen LogP contribution is -2.31. The van der Waals surface area contributed by atoms with Gasteiger partial charge in [-0.3, -0.25) is 9.59 Å². The van der Waals surface area contributed by atoms with E-state index in [1.54, 1.807) is 29.2 Å². The topological polar surface area (TPSA) is 62.6 Å². The van der Waals surface area contributed by atoms with Crippen molar-refractivity contribution in [3.63, 3.8) is 0 Å². The van der Waals surface area contributed by atoms with Crippen LogP contribution >= 0.6 is 0 Å². The molecule has 1 saturated heterocycles. The molecule has 7 heteroatoms. The molecule has 1 unspecified atom stereocenters. The van der Waals surface area contributed by atoms with Crippen molar-refractivity contribution in [2.45, 2.75) is 25.6 Å². The van der Waals surface area contributed by atoms with E-state index in [-0.39, 0.29) is 24.8 Å². The Labute approximate surface area is 201 Å². The predicted octanol–water partition coefficient (Wildman–Crippen LogP) is 5.73. The zero-order chi connectivity index (χ0) is 24.6. The Kier molecular flexibility index (Phi) is 5.84. The number of amides is 2. The number of hydrogen-bond donors (Lipinski definition) is 1. The van der Waals surface area contributed by atoms with E-state index in [0.29, 0.717) is 36.3 Å². The molecule has 4 aromatic rings. The molecule has 5 rings (SSSR count). The van der Waals surface area contributed by atoms with Gasteiger partial charge in [0.15, 0.2) is 0 Å². The van der Waals surface area contributed by atoms with Gasteiger partial charge in [0.05, 0.1) is 13.1 Å². The van der Waals surface area contributed by atoms with Crippen LogP contribution in [-0.2, 0) is 11.3 Å². The predicted molar refractivity (Wildman–Crippen MR) is 130 cm³/mol. The number of furan rings is 1. The summed E-state index contributed by atoms with van der Waals surface area (Å²) in [6.45, 7) is 2.29. The van der Waals surface area contributed by atoms with Gasteiger partial charge >= 0.3 is 0 Å². The van der Waals surface area contributed by atoms with Gasteiger partial charge in [-0.2, -0.15) is 0 Å². The number of hydrogen-bond acceptors (Lipinski definition) is 3. The highest BCUT2D eigenvalue weighted by Crippen LogP contribution is 2.36. The molecule has 0 bridgehead atoms. The lowest BCUT2D eigenvalue weighted by Gasteiger charge is -2.17. The van der Waals surface area contributed by atoms with Gasteiger partial charge < -0.3 is 14.6 Å². The molecule has 1 aliphatic heterocycles. The second-order valence-corrected chi connectivity index (χ2v) is 9.13. The standard InChI is InChI=1S/C28H24F2N2O3/c1-28(30)10-11-32(16-28)27(34)20-4-2-18(3-5-20)21-12-22-13-24(15-31-17-33)35-26(22)25(14-21)19-6-8-23(29)9-7-19/h2-9,12-14,17H,10-11,15-16H2,1H3,(H,31,33). The normalized spacial score (nSPS) is 17.6. The molecule has 1 aliphatic rings. The van der Waals surface area contributed by atoms with E-state index in [2.05, 4.69) is 5.32 Å². The Morgan fingerprint density at radius 1 is 1.06 bits per heavy atom. The van der Waals surface area contributed by atoms with Gasteiger partial charge in [-0.05, 0) is 66.1 Å². The van der Waals surface area contributed by atoms with Crippen LogP contribution in [0.25, 0.3) is 33.2 Å². The minimum Gasteiger partial charge on any atom is -0.459 e. The Morgan fingerprint density at radius 3 is 2.43 bits per heavy atom. The molecular weight excluding hydrogens is 450 g/mol. The van der Waals surface area contributed by atoms with E-state index >= 15 is 0 Å². The summed E-state index contributed by atoms with van der Waals surface area (Å²) in [4.78, 5) is 25.1. The first-order chi connectivity index (χ1) is 16.8. The quantitative estimate of drug-likeness (QED) is 0.363. The van der Waals surface area contributed by atoms with E-state index in [1.807, 2.05) is 30.3 Å². The van der Waals surface area contributed by atoms with Crippen LogP contribution in [0.5, 0.6) is 0 Å². The van der Waals surface area contributed by atoms with Gasteiger partial charge in [0, 0.05) is 29.5 Å². The van der Waals surface area contributed by atoms with Crippen molar-refractivity contribution in [1.29, 1.82) is 0 Å². The van der Waals surface area contributed by atoms with E-state index in [0.717, 1.165) is 27.6 Å². The maximum Gasteiger partial charge on any atom is 0.253 e. The molecule has 1 N–H and O–H groups in total. The van der Waals surface area contributed by atoms with Crippen molar-refractivity contribution in [3.8, 4) is 22.3 Å². The number of rotatable bonds is 6. The maximum absolute atomic E-state index is 14.2. The first-order valence-corrected chi connectivity index (χ1v) is 11.4. The van der Waals surface area contributed by atoms with Crippen molar-refractivity contribution in [2.75, 3.05) is 13.1 Å². The molecular formula is C28H24F2N2O3. The number of benzene rings is 3. The van der Waals surface area contributed by atoms with Gasteiger partial charge in [-0.15, -0.1) is 0 Å². The Hall–Kier alpha value is -4.00. The van der Waals surface area contributed by atoms with Crippen LogP contribution in [0.4, 0.5) is 8.78 Å². The van der Waals surface area contributed by atoms with Gasteiger partial charge in [0.2, 0.25) is 6.41 Å². The minimum atomic E-state index is -1.34. The Bertz CT molecular complexity index is 1390. The molecule has 1 atom stereocenters. The highest BCUT2D eigenvalue weighted by molar-refractivity contribution is 5.98. The highest BCUT2D eigenvalue weighted by atomic mass is 19.1. The zero-order valence-electron chi connectivity index (χ0n) is 19.2. The van der Waals surface area contributed by atoms with Gasteiger partial charge in [0.25, 0.3) is 5.91 Å². The van der Waals surface area contributed by atoms with Crippen molar-refractivity contribution in [3.05, 3.63) is 83.9 Å². The van der Waals surface area contributed by atoms with Crippen LogP contribution in [0.3, 0.4) is 0 Å². The summed E-state index contributed by atoms with van der Waals surface area (Å²) in [5.74, 6) is 0.0874. The summed E-state index contributed by atoms with van der Waals surface area (Å²) in [5.41, 5.74) is 3.16. The third-order valence-corrected chi connectivity index (χ3v) is 6.36. The summed E-state index contributed by atoms with van der Waals surface area (Å²) in [7, 11) is 0. The van der Waals surface area contributed by atoms with E-state index in [9.17, 15) is 18.4 Å². The Balaban J connectivity index is 1.51. The largest absolute Gasteiger partial charge is 0.459 e. The monoisotopic (exact) mass is 474 g/mol. The molecule has 3 aromatic carbocycles. The minimum absolute atomic E-state index is 0.104. The molecule has 0 saturated carbocycles. The number of alkyl halides is 1. The van der Waals surface area contributed by atoms with E-state index in [1.165, 1.54) is 19.1 Å². The van der Waals surface area contributed by atoms with Crippen LogP contribution in [0.15, 0.2) is 71.1 Å². The van der Waals surface area contributed by atoms with Crippen molar-refractivity contribution >= 4 is 23.3 Å². The number of halogens is 2. The average Bonchev–Trinajstić information content (AvgIpc) is 3.44. The maximum atomic E-state index is 14.2. The van der Waals surface area contributed by atoms with Crippen LogP contribution < -0.4 is 5.32 Å². The van der Waals surface area contributed by atoms with Crippen molar-refractivity contribution in [1.82, 2.24) is 10.2 Å². The third-order valence-electron chi connectivity index (χ3n) is 6.36. The molecule has 2 amide bonds. The second-order valence-electron chi connectivity index (χ2n) is 9.13.